The summed E-state index contributed by atoms with van der Waals surface area (Å²) in [6.07, 6.45) is 0.694. The summed E-state index contributed by atoms with van der Waals surface area (Å²) < 4.78 is 27.4. The second-order valence-electron chi connectivity index (χ2n) is 3.74. The molecule has 0 aliphatic heterocycles. The van der Waals surface area contributed by atoms with Crippen molar-refractivity contribution in [2.24, 2.45) is 5.92 Å². The first kappa shape index (κ1) is 14.6. The van der Waals surface area contributed by atoms with Crippen molar-refractivity contribution in [3.05, 3.63) is 29.3 Å². The van der Waals surface area contributed by atoms with Crippen molar-refractivity contribution >= 4 is 31.3 Å². The quantitative estimate of drug-likeness (QED) is 0.757. The highest BCUT2D eigenvalue weighted by molar-refractivity contribution is 8.13. The maximum absolute atomic E-state index is 10.9. The molecule has 0 aliphatic carbocycles. The maximum atomic E-state index is 10.9. The third-order valence-corrected chi connectivity index (χ3v) is 3.81. The lowest BCUT2D eigenvalue weighted by Crippen LogP contribution is -2.18. The SMILES string of the molecule is CCC(COc1ccc(Cl)cc1)CS(=O)(=O)Cl. The van der Waals surface area contributed by atoms with Gasteiger partial charge in [-0.05, 0) is 30.7 Å². The van der Waals surface area contributed by atoms with E-state index in [1.807, 2.05) is 6.92 Å². The molecular weight excluding hydrogens is 283 g/mol. The van der Waals surface area contributed by atoms with Crippen LogP contribution in [0.15, 0.2) is 24.3 Å². The molecule has 0 saturated carbocycles. The highest BCUT2D eigenvalue weighted by atomic mass is 35.7. The van der Waals surface area contributed by atoms with Crippen molar-refractivity contribution in [3.63, 3.8) is 0 Å². The average molecular weight is 297 g/mol. The second kappa shape index (κ2) is 6.47. The molecule has 96 valence electrons. The molecule has 0 aromatic heterocycles. The number of benzene rings is 1. The molecule has 0 aliphatic rings. The summed E-state index contributed by atoms with van der Waals surface area (Å²) in [5, 5.41) is 0.632. The molecule has 0 spiro atoms. The Balaban J connectivity index is 2.50. The highest BCUT2D eigenvalue weighted by Crippen LogP contribution is 2.17. The van der Waals surface area contributed by atoms with E-state index in [0.29, 0.717) is 23.8 Å². The van der Waals surface area contributed by atoms with Crippen molar-refractivity contribution in [2.75, 3.05) is 12.4 Å². The van der Waals surface area contributed by atoms with Crippen LogP contribution in [0.1, 0.15) is 13.3 Å². The van der Waals surface area contributed by atoms with Crippen LogP contribution in [-0.2, 0) is 9.05 Å². The minimum atomic E-state index is -3.48. The third-order valence-electron chi connectivity index (χ3n) is 2.31. The Morgan fingerprint density at radius 3 is 2.35 bits per heavy atom. The molecule has 3 nitrogen and oxygen atoms in total. The second-order valence-corrected chi connectivity index (χ2v) is 7.00. The Bertz CT molecular complexity index is 442. The van der Waals surface area contributed by atoms with E-state index in [1.165, 1.54) is 0 Å². The summed E-state index contributed by atoms with van der Waals surface area (Å²) in [7, 11) is 1.73. The standard InChI is InChI=1S/C11H14Cl2O3S/c1-2-9(8-17(13,14)15)7-16-11-5-3-10(12)4-6-11/h3-6,9H,2,7-8H2,1H3. The van der Waals surface area contributed by atoms with Crippen LogP contribution in [-0.4, -0.2) is 20.8 Å². The van der Waals surface area contributed by atoms with E-state index in [-0.39, 0.29) is 11.7 Å². The molecule has 1 aromatic rings. The molecule has 17 heavy (non-hydrogen) atoms. The van der Waals surface area contributed by atoms with Gasteiger partial charge in [-0.15, -0.1) is 0 Å². The van der Waals surface area contributed by atoms with Crippen LogP contribution in [0.4, 0.5) is 0 Å². The van der Waals surface area contributed by atoms with Gasteiger partial charge in [-0.25, -0.2) is 8.42 Å². The van der Waals surface area contributed by atoms with Gasteiger partial charge in [-0.1, -0.05) is 18.5 Å². The summed E-state index contributed by atoms with van der Waals surface area (Å²) >= 11 is 5.74. The van der Waals surface area contributed by atoms with Gasteiger partial charge >= 0.3 is 0 Å². The van der Waals surface area contributed by atoms with Gasteiger partial charge in [0.1, 0.15) is 5.75 Å². The zero-order valence-electron chi connectivity index (χ0n) is 9.40. The fourth-order valence-corrected chi connectivity index (χ4v) is 2.87. The molecule has 1 aromatic carbocycles. The van der Waals surface area contributed by atoms with Gasteiger partial charge in [-0.3, -0.25) is 0 Å². The number of rotatable bonds is 6. The molecule has 0 radical (unpaired) electrons. The van der Waals surface area contributed by atoms with E-state index in [0.717, 1.165) is 0 Å². The summed E-state index contributed by atoms with van der Waals surface area (Å²) in [6.45, 7) is 2.22. The van der Waals surface area contributed by atoms with Crippen LogP contribution >= 0.6 is 22.3 Å². The van der Waals surface area contributed by atoms with Gasteiger partial charge in [0.25, 0.3) is 0 Å². The number of ether oxygens (including phenoxy) is 1. The Labute approximate surface area is 111 Å². The Kier molecular flexibility index (Phi) is 5.56. The van der Waals surface area contributed by atoms with Crippen molar-refractivity contribution in [2.45, 2.75) is 13.3 Å². The van der Waals surface area contributed by atoms with Crippen LogP contribution in [0.2, 0.25) is 5.02 Å². The summed E-state index contributed by atoms with van der Waals surface area (Å²) in [4.78, 5) is 0. The molecule has 0 amide bonds. The van der Waals surface area contributed by atoms with Gasteiger partial charge in [0, 0.05) is 21.6 Å². The van der Waals surface area contributed by atoms with Crippen LogP contribution < -0.4 is 4.74 Å². The Morgan fingerprint density at radius 2 is 1.88 bits per heavy atom. The molecule has 0 bridgehead atoms. The largest absolute Gasteiger partial charge is 0.493 e. The van der Waals surface area contributed by atoms with Crippen molar-refractivity contribution < 1.29 is 13.2 Å². The minimum Gasteiger partial charge on any atom is -0.493 e. The minimum absolute atomic E-state index is 0.0708. The Hall–Kier alpha value is -0.450. The van der Waals surface area contributed by atoms with E-state index in [2.05, 4.69) is 0 Å². The van der Waals surface area contributed by atoms with Crippen LogP contribution in [0.3, 0.4) is 0 Å². The first-order chi connectivity index (χ1) is 7.90. The lowest BCUT2D eigenvalue weighted by atomic mass is 10.1. The molecule has 1 rings (SSSR count). The van der Waals surface area contributed by atoms with Gasteiger partial charge in [0.15, 0.2) is 0 Å². The third kappa shape index (κ3) is 6.15. The van der Waals surface area contributed by atoms with Crippen LogP contribution in [0.5, 0.6) is 5.75 Å². The first-order valence-electron chi connectivity index (χ1n) is 5.21. The maximum Gasteiger partial charge on any atom is 0.232 e. The number of hydrogen-bond acceptors (Lipinski definition) is 3. The molecule has 0 fully saturated rings. The topological polar surface area (TPSA) is 43.4 Å². The zero-order chi connectivity index (χ0) is 12.9. The highest BCUT2D eigenvalue weighted by Gasteiger charge is 2.16. The van der Waals surface area contributed by atoms with E-state index >= 15 is 0 Å². The monoisotopic (exact) mass is 296 g/mol. The van der Waals surface area contributed by atoms with Gasteiger partial charge in [0.05, 0.1) is 12.4 Å². The Morgan fingerprint density at radius 1 is 1.29 bits per heavy atom. The van der Waals surface area contributed by atoms with Gasteiger partial charge < -0.3 is 4.74 Å². The molecule has 0 heterocycles. The lowest BCUT2D eigenvalue weighted by molar-refractivity contribution is 0.258. The van der Waals surface area contributed by atoms with Crippen molar-refractivity contribution in [3.8, 4) is 5.75 Å². The normalized spacial score (nSPS) is 13.4. The van der Waals surface area contributed by atoms with Crippen LogP contribution in [0.25, 0.3) is 0 Å². The molecule has 0 N–H and O–H groups in total. The number of hydrogen-bond donors (Lipinski definition) is 0. The van der Waals surface area contributed by atoms with E-state index in [4.69, 9.17) is 27.0 Å². The van der Waals surface area contributed by atoms with Crippen molar-refractivity contribution in [1.82, 2.24) is 0 Å². The molecule has 1 unspecified atom stereocenters. The summed E-state index contributed by atoms with van der Waals surface area (Å²) in [5.74, 6) is 0.492. The summed E-state index contributed by atoms with van der Waals surface area (Å²) in [6, 6.07) is 6.92. The molecule has 0 saturated heterocycles. The molecule has 6 heteroatoms. The fourth-order valence-electron chi connectivity index (χ4n) is 1.31. The first-order valence-corrected chi connectivity index (χ1v) is 8.07. The predicted molar refractivity (Wildman–Crippen MR) is 70.4 cm³/mol. The van der Waals surface area contributed by atoms with Gasteiger partial charge in [-0.2, -0.15) is 0 Å². The lowest BCUT2D eigenvalue weighted by Gasteiger charge is -2.14. The molecule has 1 atom stereocenters. The predicted octanol–water partition coefficient (Wildman–Crippen LogP) is 3.31. The van der Waals surface area contributed by atoms with Gasteiger partial charge in [0.2, 0.25) is 9.05 Å². The number of halogens is 2. The van der Waals surface area contributed by atoms with E-state index in [1.54, 1.807) is 24.3 Å². The fraction of sp³-hybridized carbons (Fsp3) is 0.455. The van der Waals surface area contributed by atoms with E-state index in [9.17, 15) is 8.42 Å². The van der Waals surface area contributed by atoms with E-state index < -0.39 is 9.05 Å². The smallest absolute Gasteiger partial charge is 0.232 e. The van der Waals surface area contributed by atoms with Crippen molar-refractivity contribution in [1.29, 1.82) is 0 Å². The zero-order valence-corrected chi connectivity index (χ0v) is 11.7. The summed E-state index contributed by atoms with van der Waals surface area (Å²) in [5.41, 5.74) is 0. The van der Waals surface area contributed by atoms with Crippen LogP contribution in [0, 0.1) is 5.92 Å². The average Bonchev–Trinajstić information content (AvgIpc) is 2.25. The molecular formula is C11H14Cl2O3S.